The van der Waals surface area contributed by atoms with E-state index in [0.717, 1.165) is 26.2 Å². The lowest BCUT2D eigenvalue weighted by molar-refractivity contribution is 0.132. The minimum Gasteiger partial charge on any atom is -0.380 e. The van der Waals surface area contributed by atoms with Crippen LogP contribution in [0.4, 0.5) is 5.69 Å². The molecule has 0 amide bonds. The van der Waals surface area contributed by atoms with Gasteiger partial charge in [0.1, 0.15) is 0 Å². The van der Waals surface area contributed by atoms with Crippen LogP contribution >= 0.6 is 0 Å². The molecule has 0 radical (unpaired) electrons. The first-order valence-electron chi connectivity index (χ1n) is 8.00. The Kier molecular flexibility index (Phi) is 5.09. The summed E-state index contributed by atoms with van der Waals surface area (Å²) in [4.78, 5) is 2.54. The largest absolute Gasteiger partial charge is 0.380 e. The average molecular weight is 275 g/mol. The predicted octanol–water partition coefficient (Wildman–Crippen LogP) is 4.60. The van der Waals surface area contributed by atoms with E-state index in [9.17, 15) is 0 Å². The normalized spacial score (nSPS) is 20.8. The van der Waals surface area contributed by atoms with E-state index in [1.165, 1.54) is 24.1 Å². The molecule has 0 saturated carbocycles. The second-order valence-corrected chi connectivity index (χ2v) is 6.59. The quantitative estimate of drug-likeness (QED) is 0.704. The fourth-order valence-electron chi connectivity index (χ4n) is 3.37. The molecule has 2 heteroatoms. The Labute approximate surface area is 124 Å². The van der Waals surface area contributed by atoms with Gasteiger partial charge in [-0.25, -0.2) is 0 Å². The number of anilines is 1. The van der Waals surface area contributed by atoms with E-state index in [-0.39, 0.29) is 5.54 Å². The molecule has 1 aromatic carbocycles. The molecule has 1 heterocycles. The van der Waals surface area contributed by atoms with Gasteiger partial charge in [0.15, 0.2) is 0 Å². The maximum absolute atomic E-state index is 5.77. The Hall–Kier alpha value is -1.02. The molecule has 0 aromatic heterocycles. The molecule has 1 aliphatic rings. The molecule has 1 aromatic rings. The van der Waals surface area contributed by atoms with Crippen molar-refractivity contribution in [3.8, 4) is 0 Å². The summed E-state index contributed by atoms with van der Waals surface area (Å²) in [5.41, 5.74) is 3.10. The van der Waals surface area contributed by atoms with Crippen LogP contribution in [0.5, 0.6) is 0 Å². The molecule has 0 bridgehead atoms. The number of hydrogen-bond acceptors (Lipinski definition) is 2. The van der Waals surface area contributed by atoms with E-state index in [1.807, 2.05) is 0 Å². The fraction of sp³-hybridized carbons (Fsp3) is 0.667. The van der Waals surface area contributed by atoms with E-state index < -0.39 is 0 Å². The van der Waals surface area contributed by atoms with Gasteiger partial charge in [0.25, 0.3) is 0 Å². The van der Waals surface area contributed by atoms with Crippen LogP contribution in [0.15, 0.2) is 24.3 Å². The summed E-state index contributed by atoms with van der Waals surface area (Å²) in [5.74, 6) is 0.637. The second kappa shape index (κ2) is 6.62. The van der Waals surface area contributed by atoms with Crippen LogP contribution in [0.2, 0.25) is 0 Å². The number of benzene rings is 1. The van der Waals surface area contributed by atoms with Gasteiger partial charge >= 0.3 is 0 Å². The van der Waals surface area contributed by atoms with Gasteiger partial charge in [0, 0.05) is 24.4 Å². The standard InChI is InChI=1S/C18H29NO/c1-5-6-12-20-13-11-19-17-10-8-7-9-16(17)15(2)14-18(19,3)4/h7-10,15H,5-6,11-14H2,1-4H3. The summed E-state index contributed by atoms with van der Waals surface area (Å²) in [6.07, 6.45) is 3.57. The Morgan fingerprint density at radius 1 is 1.25 bits per heavy atom. The van der Waals surface area contributed by atoms with Crippen molar-refractivity contribution in [2.24, 2.45) is 0 Å². The molecular weight excluding hydrogens is 246 g/mol. The molecule has 0 spiro atoms. The fourth-order valence-corrected chi connectivity index (χ4v) is 3.37. The lowest BCUT2D eigenvalue weighted by atomic mass is 9.80. The minimum absolute atomic E-state index is 0.210. The summed E-state index contributed by atoms with van der Waals surface area (Å²) in [5, 5.41) is 0. The summed E-state index contributed by atoms with van der Waals surface area (Å²) in [7, 11) is 0. The minimum atomic E-state index is 0.210. The van der Waals surface area contributed by atoms with Crippen molar-refractivity contribution in [3.63, 3.8) is 0 Å². The lowest BCUT2D eigenvalue weighted by Gasteiger charge is -2.47. The second-order valence-electron chi connectivity index (χ2n) is 6.59. The molecular formula is C18H29NO. The molecule has 0 aliphatic carbocycles. The first-order chi connectivity index (χ1) is 9.56. The smallest absolute Gasteiger partial charge is 0.0641 e. The van der Waals surface area contributed by atoms with E-state index in [1.54, 1.807) is 0 Å². The van der Waals surface area contributed by atoms with Gasteiger partial charge in [0.05, 0.1) is 6.61 Å². The summed E-state index contributed by atoms with van der Waals surface area (Å²) in [6.45, 7) is 12.0. The Balaban J connectivity index is 2.07. The van der Waals surface area contributed by atoms with Crippen molar-refractivity contribution < 1.29 is 4.74 Å². The van der Waals surface area contributed by atoms with Crippen molar-refractivity contribution >= 4 is 5.69 Å². The Bertz CT molecular complexity index is 427. The van der Waals surface area contributed by atoms with E-state index in [2.05, 4.69) is 56.9 Å². The predicted molar refractivity (Wildman–Crippen MR) is 86.6 cm³/mol. The Morgan fingerprint density at radius 3 is 2.75 bits per heavy atom. The highest BCUT2D eigenvalue weighted by Crippen LogP contribution is 2.42. The molecule has 112 valence electrons. The first-order valence-corrected chi connectivity index (χ1v) is 8.00. The highest BCUT2D eigenvalue weighted by Gasteiger charge is 2.35. The third-order valence-electron chi connectivity index (χ3n) is 4.40. The summed E-state index contributed by atoms with van der Waals surface area (Å²) < 4.78 is 5.77. The van der Waals surface area contributed by atoms with Crippen LogP contribution < -0.4 is 4.90 Å². The van der Waals surface area contributed by atoms with Gasteiger partial charge in [0.2, 0.25) is 0 Å². The van der Waals surface area contributed by atoms with E-state index in [0.29, 0.717) is 5.92 Å². The third-order valence-corrected chi connectivity index (χ3v) is 4.40. The number of ether oxygens (including phenoxy) is 1. The zero-order chi connectivity index (χ0) is 14.6. The zero-order valence-electron chi connectivity index (χ0n) is 13.5. The van der Waals surface area contributed by atoms with Gasteiger partial charge in [-0.15, -0.1) is 0 Å². The maximum atomic E-state index is 5.77. The molecule has 0 saturated heterocycles. The third kappa shape index (κ3) is 3.35. The van der Waals surface area contributed by atoms with Crippen molar-refractivity contribution in [1.29, 1.82) is 0 Å². The topological polar surface area (TPSA) is 12.5 Å². The van der Waals surface area contributed by atoms with Gasteiger partial charge in [-0.3, -0.25) is 0 Å². The van der Waals surface area contributed by atoms with Gasteiger partial charge < -0.3 is 9.64 Å². The molecule has 2 nitrogen and oxygen atoms in total. The average Bonchev–Trinajstić information content (AvgIpc) is 2.41. The molecule has 0 N–H and O–H groups in total. The summed E-state index contributed by atoms with van der Waals surface area (Å²) in [6, 6.07) is 8.85. The van der Waals surface area contributed by atoms with Crippen LogP contribution in [0, 0.1) is 0 Å². The number of unbranched alkanes of at least 4 members (excludes halogenated alkanes) is 1. The van der Waals surface area contributed by atoms with Crippen molar-refractivity contribution in [1.82, 2.24) is 0 Å². The number of para-hydroxylation sites is 1. The number of fused-ring (bicyclic) bond motifs is 1. The molecule has 1 atom stereocenters. The van der Waals surface area contributed by atoms with Gasteiger partial charge in [-0.1, -0.05) is 38.5 Å². The van der Waals surface area contributed by atoms with Crippen molar-refractivity contribution in [2.75, 3.05) is 24.7 Å². The van der Waals surface area contributed by atoms with Crippen molar-refractivity contribution in [2.45, 2.75) is 58.4 Å². The molecule has 20 heavy (non-hydrogen) atoms. The summed E-state index contributed by atoms with van der Waals surface area (Å²) >= 11 is 0. The van der Waals surface area contributed by atoms with Crippen LogP contribution in [0.3, 0.4) is 0 Å². The van der Waals surface area contributed by atoms with E-state index in [4.69, 9.17) is 4.74 Å². The van der Waals surface area contributed by atoms with E-state index >= 15 is 0 Å². The van der Waals surface area contributed by atoms with Crippen molar-refractivity contribution in [3.05, 3.63) is 29.8 Å². The highest BCUT2D eigenvalue weighted by molar-refractivity contribution is 5.59. The molecule has 1 aliphatic heterocycles. The highest BCUT2D eigenvalue weighted by atomic mass is 16.5. The number of rotatable bonds is 6. The molecule has 1 unspecified atom stereocenters. The maximum Gasteiger partial charge on any atom is 0.0641 e. The molecule has 0 fully saturated rings. The number of nitrogens with zero attached hydrogens (tertiary/aromatic N) is 1. The first kappa shape index (κ1) is 15.4. The lowest BCUT2D eigenvalue weighted by Crippen LogP contribution is -2.49. The SMILES string of the molecule is CCCCOCCN1c2ccccc2C(C)CC1(C)C. The van der Waals surface area contributed by atoms with Crippen LogP contribution in [-0.4, -0.2) is 25.3 Å². The number of hydrogen-bond donors (Lipinski definition) is 0. The monoisotopic (exact) mass is 275 g/mol. The Morgan fingerprint density at radius 2 is 2.00 bits per heavy atom. The van der Waals surface area contributed by atoms with Crippen LogP contribution in [0.1, 0.15) is 58.4 Å². The van der Waals surface area contributed by atoms with Crippen LogP contribution in [0.25, 0.3) is 0 Å². The van der Waals surface area contributed by atoms with Crippen LogP contribution in [-0.2, 0) is 4.74 Å². The zero-order valence-corrected chi connectivity index (χ0v) is 13.5. The van der Waals surface area contributed by atoms with Gasteiger partial charge in [-0.05, 0) is 44.2 Å². The van der Waals surface area contributed by atoms with Gasteiger partial charge in [-0.2, -0.15) is 0 Å². The molecule has 2 rings (SSSR count).